The summed E-state index contributed by atoms with van der Waals surface area (Å²) in [6, 6.07) is 13.8. The predicted octanol–water partition coefficient (Wildman–Crippen LogP) is 4.92. The topological polar surface area (TPSA) is 0 Å². The average molecular weight is 236 g/mol. The highest BCUT2D eigenvalue weighted by molar-refractivity contribution is 5.53. The number of benzene rings is 2. The van der Waals surface area contributed by atoms with Crippen LogP contribution in [0.25, 0.3) is 0 Å². The number of fused-ring (bicyclic) bond motifs is 2. The molecule has 0 fully saturated rings. The highest BCUT2D eigenvalue weighted by atomic mass is 14.3. The van der Waals surface area contributed by atoms with E-state index in [-0.39, 0.29) is 0 Å². The minimum Gasteiger partial charge on any atom is -0.0590 e. The first-order valence-corrected chi connectivity index (χ1v) is 6.79. The molecule has 0 bridgehead atoms. The summed E-state index contributed by atoms with van der Waals surface area (Å²) in [5.74, 6) is 1.04. The van der Waals surface area contributed by atoms with E-state index in [9.17, 15) is 0 Å². The molecule has 0 nitrogen and oxygen atoms in total. The Balaban J connectivity index is 2.24. The lowest BCUT2D eigenvalue weighted by Crippen LogP contribution is -2.15. The van der Waals surface area contributed by atoms with Gasteiger partial charge in [-0.15, -0.1) is 0 Å². The van der Waals surface area contributed by atoms with Crippen molar-refractivity contribution >= 4 is 0 Å². The van der Waals surface area contributed by atoms with Crippen molar-refractivity contribution in [2.75, 3.05) is 0 Å². The van der Waals surface area contributed by atoms with E-state index in [0.717, 1.165) is 0 Å². The van der Waals surface area contributed by atoms with Crippen molar-refractivity contribution in [1.82, 2.24) is 0 Å². The van der Waals surface area contributed by atoms with Crippen LogP contribution in [0.15, 0.2) is 36.4 Å². The number of aryl methyl sites for hydroxylation is 2. The van der Waals surface area contributed by atoms with Crippen molar-refractivity contribution in [3.05, 3.63) is 69.8 Å². The zero-order valence-corrected chi connectivity index (χ0v) is 11.6. The largest absolute Gasteiger partial charge is 0.0590 e. The molecule has 0 amide bonds. The van der Waals surface area contributed by atoms with Crippen molar-refractivity contribution in [2.45, 2.75) is 39.5 Å². The van der Waals surface area contributed by atoms with Gasteiger partial charge in [0.25, 0.3) is 0 Å². The molecule has 3 rings (SSSR count). The van der Waals surface area contributed by atoms with Crippen LogP contribution in [-0.4, -0.2) is 0 Å². The Kier molecular flexibility index (Phi) is 2.55. The van der Waals surface area contributed by atoms with Crippen molar-refractivity contribution in [2.24, 2.45) is 0 Å². The van der Waals surface area contributed by atoms with E-state index in [2.05, 4.69) is 64.1 Å². The summed E-state index contributed by atoms with van der Waals surface area (Å²) in [6.45, 7) is 9.03. The summed E-state index contributed by atoms with van der Waals surface area (Å²) in [4.78, 5) is 0. The van der Waals surface area contributed by atoms with E-state index < -0.39 is 0 Å². The Morgan fingerprint density at radius 3 is 1.39 bits per heavy atom. The fourth-order valence-electron chi connectivity index (χ4n) is 3.26. The van der Waals surface area contributed by atoms with Gasteiger partial charge in [-0.25, -0.2) is 0 Å². The lowest BCUT2D eigenvalue weighted by molar-refractivity contribution is 0.769. The third-order valence-corrected chi connectivity index (χ3v) is 4.35. The standard InChI is InChI=1S/C18H20/c1-11-5-7-15-14(4)18-10-12(2)6-8-16(18)13(3)17(15)9-11/h5-10,13-14H,1-4H3. The van der Waals surface area contributed by atoms with Crippen LogP contribution < -0.4 is 0 Å². The Labute approximate surface area is 110 Å². The SMILES string of the molecule is Cc1ccc2c(c1)C(C)c1ccc(C)cc1C2C. The lowest BCUT2D eigenvalue weighted by Gasteiger charge is -2.31. The molecule has 1 aliphatic rings. The molecule has 2 unspecified atom stereocenters. The van der Waals surface area contributed by atoms with Gasteiger partial charge in [0, 0.05) is 11.8 Å². The van der Waals surface area contributed by atoms with Gasteiger partial charge in [0.2, 0.25) is 0 Å². The van der Waals surface area contributed by atoms with Crippen LogP contribution in [0.3, 0.4) is 0 Å². The molecular formula is C18H20. The van der Waals surface area contributed by atoms with E-state index in [1.807, 2.05) is 0 Å². The zero-order chi connectivity index (χ0) is 12.9. The van der Waals surface area contributed by atoms with E-state index in [0.29, 0.717) is 11.8 Å². The quantitative estimate of drug-likeness (QED) is 0.609. The van der Waals surface area contributed by atoms with Crippen LogP contribution >= 0.6 is 0 Å². The molecule has 0 saturated carbocycles. The molecule has 18 heavy (non-hydrogen) atoms. The maximum Gasteiger partial charge on any atom is 0.00670 e. The molecule has 2 atom stereocenters. The predicted molar refractivity (Wildman–Crippen MR) is 77.4 cm³/mol. The molecule has 0 saturated heterocycles. The van der Waals surface area contributed by atoms with Crippen molar-refractivity contribution in [1.29, 1.82) is 0 Å². The van der Waals surface area contributed by atoms with Crippen molar-refractivity contribution in [3.8, 4) is 0 Å². The van der Waals surface area contributed by atoms with Gasteiger partial charge in [0.1, 0.15) is 0 Å². The number of rotatable bonds is 0. The first kappa shape index (κ1) is 11.5. The maximum absolute atomic E-state index is 2.36. The smallest absolute Gasteiger partial charge is 0.00670 e. The highest BCUT2D eigenvalue weighted by Gasteiger charge is 2.27. The van der Waals surface area contributed by atoms with E-state index >= 15 is 0 Å². The van der Waals surface area contributed by atoms with E-state index in [4.69, 9.17) is 0 Å². The van der Waals surface area contributed by atoms with E-state index in [1.54, 1.807) is 0 Å². The van der Waals surface area contributed by atoms with Gasteiger partial charge < -0.3 is 0 Å². The van der Waals surface area contributed by atoms with Gasteiger partial charge in [-0.3, -0.25) is 0 Å². The average Bonchev–Trinajstić information content (AvgIpc) is 2.36. The second-order valence-corrected chi connectivity index (χ2v) is 5.71. The number of hydrogen-bond donors (Lipinski definition) is 0. The fourth-order valence-corrected chi connectivity index (χ4v) is 3.26. The second-order valence-electron chi connectivity index (χ2n) is 5.71. The Bertz CT molecular complexity index is 552. The van der Waals surface area contributed by atoms with Crippen LogP contribution in [0.4, 0.5) is 0 Å². The Hall–Kier alpha value is -1.56. The van der Waals surface area contributed by atoms with Crippen molar-refractivity contribution < 1.29 is 0 Å². The fraction of sp³-hybridized carbons (Fsp3) is 0.333. The Morgan fingerprint density at radius 2 is 1.00 bits per heavy atom. The molecule has 0 heteroatoms. The summed E-state index contributed by atoms with van der Waals surface area (Å²) in [6.07, 6.45) is 0. The molecule has 0 heterocycles. The van der Waals surface area contributed by atoms with Gasteiger partial charge in [0.15, 0.2) is 0 Å². The minimum atomic E-state index is 0.520. The van der Waals surface area contributed by atoms with Gasteiger partial charge >= 0.3 is 0 Å². The molecule has 2 aromatic carbocycles. The molecule has 0 N–H and O–H groups in total. The lowest BCUT2D eigenvalue weighted by atomic mass is 9.73. The molecule has 2 aromatic rings. The first-order chi connectivity index (χ1) is 8.58. The molecule has 1 aliphatic carbocycles. The van der Waals surface area contributed by atoms with Crippen LogP contribution in [0, 0.1) is 13.8 Å². The van der Waals surface area contributed by atoms with Gasteiger partial charge in [-0.05, 0) is 36.1 Å². The first-order valence-electron chi connectivity index (χ1n) is 6.79. The highest BCUT2D eigenvalue weighted by Crippen LogP contribution is 2.43. The molecule has 0 spiro atoms. The van der Waals surface area contributed by atoms with Gasteiger partial charge in [-0.1, -0.05) is 61.4 Å². The molecule has 0 aromatic heterocycles. The third kappa shape index (κ3) is 1.59. The van der Waals surface area contributed by atoms with Crippen LogP contribution in [0.2, 0.25) is 0 Å². The third-order valence-electron chi connectivity index (χ3n) is 4.35. The molecular weight excluding hydrogens is 216 g/mol. The van der Waals surface area contributed by atoms with Gasteiger partial charge in [-0.2, -0.15) is 0 Å². The summed E-state index contributed by atoms with van der Waals surface area (Å²) in [7, 11) is 0. The minimum absolute atomic E-state index is 0.520. The monoisotopic (exact) mass is 236 g/mol. The Morgan fingerprint density at radius 1 is 0.611 bits per heavy atom. The second kappa shape index (κ2) is 3.98. The van der Waals surface area contributed by atoms with E-state index in [1.165, 1.54) is 33.4 Å². The van der Waals surface area contributed by atoms with Crippen LogP contribution in [-0.2, 0) is 0 Å². The zero-order valence-electron chi connectivity index (χ0n) is 11.6. The normalized spacial score (nSPS) is 21.3. The summed E-state index contributed by atoms with van der Waals surface area (Å²) >= 11 is 0. The van der Waals surface area contributed by atoms with Gasteiger partial charge in [0.05, 0.1) is 0 Å². The van der Waals surface area contributed by atoms with Crippen LogP contribution in [0.1, 0.15) is 59.1 Å². The molecule has 0 aliphatic heterocycles. The molecule has 0 radical (unpaired) electrons. The summed E-state index contributed by atoms with van der Waals surface area (Å²) in [5.41, 5.74) is 8.77. The summed E-state index contributed by atoms with van der Waals surface area (Å²) in [5, 5.41) is 0. The number of hydrogen-bond acceptors (Lipinski definition) is 0. The van der Waals surface area contributed by atoms with Crippen molar-refractivity contribution in [3.63, 3.8) is 0 Å². The molecule has 92 valence electrons. The summed E-state index contributed by atoms with van der Waals surface area (Å²) < 4.78 is 0. The maximum atomic E-state index is 2.36. The van der Waals surface area contributed by atoms with Crippen LogP contribution in [0.5, 0.6) is 0 Å².